The summed E-state index contributed by atoms with van der Waals surface area (Å²) in [5.41, 5.74) is 12.0. The topological polar surface area (TPSA) is 97.9 Å². The molecule has 1 atom stereocenters. The van der Waals surface area contributed by atoms with Gasteiger partial charge in [0.05, 0.1) is 22.3 Å². The fraction of sp³-hybridized carbons (Fsp3) is 0.160. The zero-order chi connectivity index (χ0) is 22.9. The van der Waals surface area contributed by atoms with E-state index >= 15 is 0 Å². The van der Waals surface area contributed by atoms with Gasteiger partial charge in [-0.25, -0.2) is 0 Å². The van der Waals surface area contributed by atoms with Crippen molar-refractivity contribution >= 4 is 46.1 Å². The lowest BCUT2D eigenvalue weighted by molar-refractivity contribution is -0.119. The molecule has 2 aromatic heterocycles. The Morgan fingerprint density at radius 1 is 1.24 bits per heavy atom. The Morgan fingerprint density at radius 2 is 2.06 bits per heavy atom. The zero-order valence-electron chi connectivity index (χ0n) is 18.0. The molecule has 0 aliphatic carbocycles. The molecule has 2 aromatic carbocycles. The van der Waals surface area contributed by atoms with Gasteiger partial charge in [0.25, 0.3) is 0 Å². The number of hydrogen-bond donors (Lipinski definition) is 3. The number of anilines is 2. The number of nitrogens with two attached hydrogens (primary N) is 1. The summed E-state index contributed by atoms with van der Waals surface area (Å²) < 4.78 is 1.77. The first-order valence-corrected chi connectivity index (χ1v) is 11.1. The highest BCUT2D eigenvalue weighted by atomic mass is 35.5. The number of aryl methyl sites for hydroxylation is 1. The molecule has 8 heteroatoms. The van der Waals surface area contributed by atoms with Gasteiger partial charge in [0.1, 0.15) is 5.52 Å². The van der Waals surface area contributed by atoms with Gasteiger partial charge in [-0.2, -0.15) is 5.10 Å². The molecule has 4 aromatic rings. The highest BCUT2D eigenvalue weighted by molar-refractivity contribution is 6.36. The van der Waals surface area contributed by atoms with Crippen molar-refractivity contribution in [2.45, 2.75) is 18.9 Å². The molecule has 1 unspecified atom stereocenters. The highest BCUT2D eigenvalue weighted by Gasteiger charge is 2.22. The van der Waals surface area contributed by atoms with Crippen LogP contribution >= 0.6 is 11.6 Å². The molecule has 4 N–H and O–H groups in total. The average molecular weight is 459 g/mol. The summed E-state index contributed by atoms with van der Waals surface area (Å²) in [5.74, 6) is 0.647. The van der Waals surface area contributed by atoms with Crippen molar-refractivity contribution < 1.29 is 4.79 Å². The van der Waals surface area contributed by atoms with E-state index in [2.05, 4.69) is 20.7 Å². The Morgan fingerprint density at radius 3 is 2.82 bits per heavy atom. The molecule has 1 fully saturated rings. The minimum Gasteiger partial charge on any atom is -0.400 e. The molecule has 0 spiro atoms. The molecule has 7 nitrogen and oxygen atoms in total. The third-order valence-electron chi connectivity index (χ3n) is 5.78. The molecule has 33 heavy (non-hydrogen) atoms. The summed E-state index contributed by atoms with van der Waals surface area (Å²) >= 11 is 6.74. The molecule has 5 rings (SSSR count). The van der Waals surface area contributed by atoms with E-state index in [1.54, 1.807) is 10.9 Å². The normalized spacial score (nSPS) is 16.2. The first-order chi connectivity index (χ1) is 16.0. The van der Waals surface area contributed by atoms with Crippen LogP contribution < -0.4 is 16.4 Å². The van der Waals surface area contributed by atoms with Gasteiger partial charge in [-0.05, 0) is 35.8 Å². The molecule has 0 saturated carbocycles. The summed E-state index contributed by atoms with van der Waals surface area (Å²) in [7, 11) is 1.87. The molecule has 1 aliphatic rings. The smallest absolute Gasteiger partial charge is 0.220 e. The SMILES string of the molecule is Cn1nc(Nc2cccc(-c3ccccc3)c2Cl)c2ncc(C=C(N)C3CCC(=O)N3)cc21. The summed E-state index contributed by atoms with van der Waals surface area (Å²) in [6, 6.07) is 17.7. The van der Waals surface area contributed by atoms with Crippen molar-refractivity contribution in [3.05, 3.63) is 77.1 Å². The number of carbonyl (C=O) groups excluding carboxylic acids is 1. The van der Waals surface area contributed by atoms with Crippen LogP contribution in [0.15, 0.2) is 66.5 Å². The van der Waals surface area contributed by atoms with Gasteiger partial charge < -0.3 is 16.4 Å². The van der Waals surface area contributed by atoms with Crippen LogP contribution in [0.3, 0.4) is 0 Å². The summed E-state index contributed by atoms with van der Waals surface area (Å²) in [6.45, 7) is 0. The molecular weight excluding hydrogens is 436 g/mol. The number of nitrogens with zero attached hydrogens (tertiary/aromatic N) is 3. The summed E-state index contributed by atoms with van der Waals surface area (Å²) in [5, 5.41) is 11.5. The molecule has 1 saturated heterocycles. The Bertz CT molecular complexity index is 1380. The predicted molar refractivity (Wildman–Crippen MR) is 132 cm³/mol. The number of fused-ring (bicyclic) bond motifs is 1. The fourth-order valence-electron chi connectivity index (χ4n) is 4.07. The van der Waals surface area contributed by atoms with Crippen molar-refractivity contribution in [3.8, 4) is 11.1 Å². The monoisotopic (exact) mass is 458 g/mol. The quantitative estimate of drug-likeness (QED) is 0.405. The van der Waals surface area contributed by atoms with E-state index in [9.17, 15) is 4.79 Å². The Balaban J connectivity index is 1.45. The van der Waals surface area contributed by atoms with E-state index in [1.807, 2.05) is 67.7 Å². The predicted octanol–water partition coefficient (Wildman–Crippen LogP) is 4.61. The maximum Gasteiger partial charge on any atom is 0.220 e. The van der Waals surface area contributed by atoms with Crippen molar-refractivity contribution in [2.24, 2.45) is 12.8 Å². The number of rotatable bonds is 5. The van der Waals surface area contributed by atoms with Crippen LogP contribution in [0.5, 0.6) is 0 Å². The third kappa shape index (κ3) is 4.15. The maximum atomic E-state index is 11.5. The maximum absolute atomic E-state index is 11.5. The van der Waals surface area contributed by atoms with E-state index < -0.39 is 0 Å². The molecule has 0 bridgehead atoms. The van der Waals surface area contributed by atoms with Gasteiger partial charge in [-0.3, -0.25) is 14.5 Å². The number of benzene rings is 2. The highest BCUT2D eigenvalue weighted by Crippen LogP contribution is 2.36. The van der Waals surface area contributed by atoms with E-state index in [0.717, 1.165) is 33.4 Å². The van der Waals surface area contributed by atoms with Gasteiger partial charge in [0.15, 0.2) is 5.82 Å². The minimum atomic E-state index is -0.129. The number of amides is 1. The van der Waals surface area contributed by atoms with Crippen molar-refractivity contribution in [1.82, 2.24) is 20.1 Å². The summed E-state index contributed by atoms with van der Waals surface area (Å²) in [4.78, 5) is 16.1. The van der Waals surface area contributed by atoms with Crippen LogP contribution in [0, 0.1) is 0 Å². The average Bonchev–Trinajstić information content (AvgIpc) is 3.39. The minimum absolute atomic E-state index is 0.0299. The first-order valence-electron chi connectivity index (χ1n) is 10.7. The number of carbonyl (C=O) groups is 1. The Kier molecular flexibility index (Phi) is 5.48. The van der Waals surface area contributed by atoms with Gasteiger partial charge in [0.2, 0.25) is 5.91 Å². The lowest BCUT2D eigenvalue weighted by Crippen LogP contribution is -2.30. The number of aromatic nitrogens is 3. The first kappa shape index (κ1) is 21.0. The lowest BCUT2D eigenvalue weighted by atomic mass is 10.1. The van der Waals surface area contributed by atoms with E-state index in [1.165, 1.54) is 0 Å². The van der Waals surface area contributed by atoms with Crippen molar-refractivity contribution in [1.29, 1.82) is 0 Å². The van der Waals surface area contributed by atoms with Crippen LogP contribution in [0.25, 0.3) is 28.2 Å². The fourth-order valence-corrected chi connectivity index (χ4v) is 4.35. The number of pyridine rings is 1. The van der Waals surface area contributed by atoms with Crippen LogP contribution in [0.2, 0.25) is 5.02 Å². The zero-order valence-corrected chi connectivity index (χ0v) is 18.8. The molecule has 1 aliphatic heterocycles. The number of nitrogens with one attached hydrogen (secondary N) is 2. The lowest BCUT2D eigenvalue weighted by Gasteiger charge is -2.11. The van der Waals surface area contributed by atoms with Crippen molar-refractivity contribution in [3.63, 3.8) is 0 Å². The standard InChI is InChI=1S/C25H23ClN6O/c1-32-21-13-15(12-18(27)19-10-11-22(33)29-19)14-28-24(21)25(31-32)30-20-9-5-8-17(23(20)26)16-6-3-2-4-7-16/h2-9,12-14,19H,10-11,27H2,1H3,(H,29,33)(H,30,31). The molecule has 1 amide bonds. The molecule has 0 radical (unpaired) electrons. The van der Waals surface area contributed by atoms with E-state index in [0.29, 0.717) is 29.4 Å². The van der Waals surface area contributed by atoms with E-state index in [-0.39, 0.29) is 11.9 Å². The van der Waals surface area contributed by atoms with Crippen LogP contribution in [0.4, 0.5) is 11.5 Å². The van der Waals surface area contributed by atoms with Gasteiger partial charge in [-0.1, -0.05) is 54.1 Å². The second-order valence-electron chi connectivity index (χ2n) is 8.07. The van der Waals surface area contributed by atoms with Crippen LogP contribution in [-0.2, 0) is 11.8 Å². The second-order valence-corrected chi connectivity index (χ2v) is 8.45. The largest absolute Gasteiger partial charge is 0.400 e. The van der Waals surface area contributed by atoms with Gasteiger partial charge in [-0.15, -0.1) is 0 Å². The molecule has 166 valence electrons. The summed E-state index contributed by atoms with van der Waals surface area (Å²) in [6.07, 6.45) is 4.81. The van der Waals surface area contributed by atoms with E-state index in [4.69, 9.17) is 17.3 Å². The second kappa shape index (κ2) is 8.60. The van der Waals surface area contributed by atoms with Crippen molar-refractivity contribution in [2.75, 3.05) is 5.32 Å². The Hall–Kier alpha value is -3.84. The Labute approximate surface area is 196 Å². The molecular formula is C25H23ClN6O. The third-order valence-corrected chi connectivity index (χ3v) is 6.19. The van der Waals surface area contributed by atoms with Gasteiger partial charge >= 0.3 is 0 Å². The van der Waals surface area contributed by atoms with Gasteiger partial charge in [0, 0.05) is 30.9 Å². The molecule has 3 heterocycles. The van der Waals surface area contributed by atoms with Crippen LogP contribution in [0.1, 0.15) is 18.4 Å². The van der Waals surface area contributed by atoms with Crippen LogP contribution in [-0.4, -0.2) is 26.7 Å². The number of halogens is 1. The number of hydrogen-bond acceptors (Lipinski definition) is 5.